The number of benzene rings is 1. The van der Waals surface area contributed by atoms with E-state index in [0.717, 1.165) is 25.7 Å². The average molecular weight is 363 g/mol. The van der Waals surface area contributed by atoms with E-state index >= 15 is 0 Å². The van der Waals surface area contributed by atoms with E-state index in [-0.39, 0.29) is 11.1 Å². The highest BCUT2D eigenvalue weighted by Crippen LogP contribution is 2.13. The summed E-state index contributed by atoms with van der Waals surface area (Å²) < 4.78 is 10.6. The normalized spacial score (nSPS) is 10.5. The first-order valence-electron chi connectivity index (χ1n) is 10.1. The number of unbranched alkanes of at least 4 members (excludes halogenated alkanes) is 8. The largest absolute Gasteiger partial charge is 0.462 e. The van der Waals surface area contributed by atoms with E-state index < -0.39 is 11.9 Å². The molecule has 4 nitrogen and oxygen atoms in total. The Kier molecular flexibility index (Phi) is 12.2. The summed E-state index contributed by atoms with van der Waals surface area (Å²) in [6, 6.07) is 6.69. The minimum absolute atomic E-state index is 0.282. The van der Waals surface area contributed by atoms with Crippen LogP contribution >= 0.6 is 0 Å². The van der Waals surface area contributed by atoms with E-state index in [0.29, 0.717) is 13.2 Å². The predicted octanol–water partition coefficient (Wildman–Crippen LogP) is 5.94. The van der Waals surface area contributed by atoms with Crippen molar-refractivity contribution >= 4 is 11.9 Å². The number of carbonyl (C=O) groups excluding carboxylic acids is 2. The highest BCUT2D eigenvalue weighted by molar-refractivity contribution is 6.03. The van der Waals surface area contributed by atoms with Crippen LogP contribution in [0.25, 0.3) is 0 Å². The van der Waals surface area contributed by atoms with Gasteiger partial charge in [0.2, 0.25) is 0 Å². The number of carbonyl (C=O) groups is 2. The second kappa shape index (κ2) is 14.3. The van der Waals surface area contributed by atoms with Gasteiger partial charge in [0.1, 0.15) is 0 Å². The summed E-state index contributed by atoms with van der Waals surface area (Å²) in [6.07, 6.45) is 11.3. The molecule has 0 saturated carbocycles. The van der Waals surface area contributed by atoms with Gasteiger partial charge < -0.3 is 9.47 Å². The molecule has 4 heteroatoms. The number of rotatable bonds is 14. The van der Waals surface area contributed by atoms with Crippen molar-refractivity contribution in [2.75, 3.05) is 13.2 Å². The first-order chi connectivity index (χ1) is 12.7. The lowest BCUT2D eigenvalue weighted by Gasteiger charge is -2.09. The van der Waals surface area contributed by atoms with E-state index in [1.807, 2.05) is 6.92 Å². The van der Waals surface area contributed by atoms with Crippen molar-refractivity contribution in [1.82, 2.24) is 0 Å². The summed E-state index contributed by atoms with van der Waals surface area (Å²) in [4.78, 5) is 24.4. The van der Waals surface area contributed by atoms with Crippen molar-refractivity contribution in [2.45, 2.75) is 78.1 Å². The van der Waals surface area contributed by atoms with Gasteiger partial charge in [0.15, 0.2) is 0 Å². The van der Waals surface area contributed by atoms with Gasteiger partial charge in [-0.05, 0) is 25.0 Å². The van der Waals surface area contributed by atoms with Crippen LogP contribution in [0.4, 0.5) is 0 Å². The van der Waals surface area contributed by atoms with Crippen LogP contribution < -0.4 is 0 Å². The molecule has 0 aromatic heterocycles. The SMILES string of the molecule is CCCCCCCCCCOC(=O)c1ccccc1C(=O)OCCCC. The van der Waals surface area contributed by atoms with Gasteiger partial charge in [-0.15, -0.1) is 0 Å². The molecule has 0 amide bonds. The zero-order valence-electron chi connectivity index (χ0n) is 16.4. The lowest BCUT2D eigenvalue weighted by Crippen LogP contribution is -2.15. The summed E-state index contributed by atoms with van der Waals surface area (Å²) in [5, 5.41) is 0. The van der Waals surface area contributed by atoms with Crippen LogP contribution in [0.5, 0.6) is 0 Å². The molecular formula is C22H34O4. The zero-order chi connectivity index (χ0) is 19.0. The summed E-state index contributed by atoms with van der Waals surface area (Å²) in [6.45, 7) is 5.02. The van der Waals surface area contributed by atoms with Gasteiger partial charge >= 0.3 is 11.9 Å². The molecule has 0 aliphatic rings. The summed E-state index contributed by atoms with van der Waals surface area (Å²) in [5.41, 5.74) is 0.568. The Balaban J connectivity index is 2.33. The van der Waals surface area contributed by atoms with Gasteiger partial charge in [-0.2, -0.15) is 0 Å². The molecule has 1 aromatic rings. The Morgan fingerprint density at radius 1 is 0.654 bits per heavy atom. The zero-order valence-corrected chi connectivity index (χ0v) is 16.4. The molecule has 0 radical (unpaired) electrons. The summed E-state index contributed by atoms with van der Waals surface area (Å²) in [5.74, 6) is -0.908. The number of hydrogen-bond donors (Lipinski definition) is 0. The molecule has 0 bridgehead atoms. The first-order valence-corrected chi connectivity index (χ1v) is 10.1. The number of esters is 2. The molecule has 0 spiro atoms. The molecule has 0 aliphatic heterocycles. The van der Waals surface area contributed by atoms with Gasteiger partial charge in [0, 0.05) is 0 Å². The van der Waals surface area contributed by atoms with E-state index in [1.165, 1.54) is 38.5 Å². The monoisotopic (exact) mass is 362 g/mol. The van der Waals surface area contributed by atoms with Gasteiger partial charge in [0.25, 0.3) is 0 Å². The van der Waals surface area contributed by atoms with Crippen LogP contribution in [0.2, 0.25) is 0 Å². The van der Waals surface area contributed by atoms with E-state index in [2.05, 4.69) is 6.92 Å². The summed E-state index contributed by atoms with van der Waals surface area (Å²) in [7, 11) is 0. The molecule has 1 aromatic carbocycles. The van der Waals surface area contributed by atoms with Gasteiger partial charge in [-0.25, -0.2) is 9.59 Å². The highest BCUT2D eigenvalue weighted by atomic mass is 16.5. The second-order valence-corrected chi connectivity index (χ2v) is 6.65. The molecular weight excluding hydrogens is 328 g/mol. The summed E-state index contributed by atoms with van der Waals surface area (Å²) >= 11 is 0. The standard InChI is InChI=1S/C22H34O4/c1-3-5-7-8-9-10-11-14-18-26-22(24)20-16-13-12-15-19(20)21(23)25-17-6-4-2/h12-13,15-16H,3-11,14,17-18H2,1-2H3. The molecule has 0 atom stereocenters. The lowest BCUT2D eigenvalue weighted by molar-refractivity contribution is 0.0451. The Labute approximate surface area is 158 Å². The van der Waals surface area contributed by atoms with Crippen molar-refractivity contribution in [1.29, 1.82) is 0 Å². The van der Waals surface area contributed by atoms with E-state index in [9.17, 15) is 9.59 Å². The van der Waals surface area contributed by atoms with Gasteiger partial charge in [-0.3, -0.25) is 0 Å². The van der Waals surface area contributed by atoms with Crippen molar-refractivity contribution in [3.8, 4) is 0 Å². The smallest absolute Gasteiger partial charge is 0.339 e. The lowest BCUT2D eigenvalue weighted by atomic mass is 10.1. The molecule has 0 fully saturated rings. The minimum Gasteiger partial charge on any atom is -0.462 e. The van der Waals surface area contributed by atoms with Crippen molar-refractivity contribution < 1.29 is 19.1 Å². The molecule has 0 heterocycles. The Bertz CT molecular complexity index is 525. The Hall–Kier alpha value is -1.84. The number of hydrogen-bond acceptors (Lipinski definition) is 4. The fourth-order valence-corrected chi connectivity index (χ4v) is 2.70. The topological polar surface area (TPSA) is 52.6 Å². The highest BCUT2D eigenvalue weighted by Gasteiger charge is 2.18. The van der Waals surface area contributed by atoms with Crippen LogP contribution in [0.1, 0.15) is 98.8 Å². The van der Waals surface area contributed by atoms with Crippen LogP contribution in [0.15, 0.2) is 24.3 Å². The quantitative estimate of drug-likeness (QED) is 0.303. The molecule has 26 heavy (non-hydrogen) atoms. The Morgan fingerprint density at radius 2 is 1.08 bits per heavy atom. The Morgan fingerprint density at radius 3 is 1.58 bits per heavy atom. The van der Waals surface area contributed by atoms with Gasteiger partial charge in [-0.1, -0.05) is 77.3 Å². The molecule has 0 unspecified atom stereocenters. The van der Waals surface area contributed by atoms with Crippen LogP contribution in [0.3, 0.4) is 0 Å². The molecule has 146 valence electrons. The maximum absolute atomic E-state index is 12.3. The third-order valence-electron chi connectivity index (χ3n) is 4.33. The van der Waals surface area contributed by atoms with Crippen LogP contribution in [0, 0.1) is 0 Å². The number of ether oxygens (including phenoxy) is 2. The van der Waals surface area contributed by atoms with Crippen LogP contribution in [-0.2, 0) is 9.47 Å². The average Bonchev–Trinajstić information content (AvgIpc) is 2.66. The third kappa shape index (κ3) is 9.02. The second-order valence-electron chi connectivity index (χ2n) is 6.65. The van der Waals surface area contributed by atoms with E-state index in [1.54, 1.807) is 24.3 Å². The van der Waals surface area contributed by atoms with Gasteiger partial charge in [0.05, 0.1) is 24.3 Å². The van der Waals surface area contributed by atoms with Crippen LogP contribution in [-0.4, -0.2) is 25.2 Å². The molecule has 1 rings (SSSR count). The molecule has 0 N–H and O–H groups in total. The van der Waals surface area contributed by atoms with Crippen molar-refractivity contribution in [2.24, 2.45) is 0 Å². The maximum Gasteiger partial charge on any atom is 0.339 e. The van der Waals surface area contributed by atoms with E-state index in [4.69, 9.17) is 9.47 Å². The minimum atomic E-state index is -0.460. The fourth-order valence-electron chi connectivity index (χ4n) is 2.70. The third-order valence-corrected chi connectivity index (χ3v) is 4.33. The van der Waals surface area contributed by atoms with Crippen molar-refractivity contribution in [3.63, 3.8) is 0 Å². The predicted molar refractivity (Wildman–Crippen MR) is 105 cm³/mol. The molecule has 0 aliphatic carbocycles. The fraction of sp³-hybridized carbons (Fsp3) is 0.636. The maximum atomic E-state index is 12.3. The molecule has 0 saturated heterocycles. The van der Waals surface area contributed by atoms with Crippen molar-refractivity contribution in [3.05, 3.63) is 35.4 Å². The first kappa shape index (κ1) is 22.2.